The van der Waals surface area contributed by atoms with Crippen molar-refractivity contribution in [3.63, 3.8) is 0 Å². The molecule has 1 atom stereocenters. The minimum Gasteiger partial charge on any atom is -0.493 e. The highest BCUT2D eigenvalue weighted by molar-refractivity contribution is 5.76. The quantitative estimate of drug-likeness (QED) is 0.818. The first-order valence-electron chi connectivity index (χ1n) is 8.34. The number of aryl methyl sites for hydroxylation is 1. The second kappa shape index (κ2) is 7.95. The summed E-state index contributed by atoms with van der Waals surface area (Å²) in [5.41, 5.74) is 0. The van der Waals surface area contributed by atoms with E-state index in [0.717, 1.165) is 19.4 Å². The minimum atomic E-state index is -0.299. The van der Waals surface area contributed by atoms with Crippen molar-refractivity contribution >= 4 is 5.91 Å². The molecule has 2 heterocycles. The lowest BCUT2D eigenvalue weighted by Gasteiger charge is -2.32. The third-order valence-electron chi connectivity index (χ3n) is 4.27. The summed E-state index contributed by atoms with van der Waals surface area (Å²) in [5, 5.41) is 4.11. The van der Waals surface area contributed by atoms with Crippen LogP contribution >= 0.6 is 0 Å². The van der Waals surface area contributed by atoms with Gasteiger partial charge in [0.15, 0.2) is 0 Å². The minimum absolute atomic E-state index is 0.154. The Hall–Kier alpha value is -2.37. The smallest absolute Gasteiger partial charge is 0.224 e. The molecular formula is C18H22FN3O2. The van der Waals surface area contributed by atoms with Crippen molar-refractivity contribution in [1.29, 1.82) is 0 Å². The predicted octanol–water partition coefficient (Wildman–Crippen LogP) is 2.73. The summed E-state index contributed by atoms with van der Waals surface area (Å²) < 4.78 is 20.6. The molecule has 1 fully saturated rings. The van der Waals surface area contributed by atoms with Gasteiger partial charge in [0.1, 0.15) is 11.6 Å². The molecule has 0 spiro atoms. The second-order valence-corrected chi connectivity index (χ2v) is 6.14. The molecular weight excluding hydrogens is 309 g/mol. The van der Waals surface area contributed by atoms with E-state index in [0.29, 0.717) is 31.9 Å². The first-order valence-corrected chi connectivity index (χ1v) is 8.34. The van der Waals surface area contributed by atoms with Gasteiger partial charge in [0, 0.05) is 50.4 Å². The van der Waals surface area contributed by atoms with Crippen molar-refractivity contribution in [2.75, 3.05) is 19.7 Å². The zero-order chi connectivity index (χ0) is 16.8. The highest BCUT2D eigenvalue weighted by Crippen LogP contribution is 2.20. The molecule has 3 rings (SSSR count). The number of aromatic nitrogens is 2. The Balaban J connectivity index is 1.46. The fourth-order valence-electron chi connectivity index (χ4n) is 3.00. The van der Waals surface area contributed by atoms with Crippen molar-refractivity contribution in [2.24, 2.45) is 5.92 Å². The van der Waals surface area contributed by atoms with E-state index in [9.17, 15) is 9.18 Å². The molecule has 0 N–H and O–H groups in total. The molecule has 0 aliphatic carbocycles. The van der Waals surface area contributed by atoms with Crippen LogP contribution in [0.4, 0.5) is 4.39 Å². The topological polar surface area (TPSA) is 47.4 Å². The van der Waals surface area contributed by atoms with E-state index in [-0.39, 0.29) is 17.6 Å². The Bertz CT molecular complexity index is 660. The number of carbonyl (C=O) groups excluding carboxylic acids is 1. The number of piperidine rings is 1. The van der Waals surface area contributed by atoms with Crippen LogP contribution in [0.15, 0.2) is 42.7 Å². The number of benzene rings is 1. The Morgan fingerprint density at radius 2 is 2.29 bits per heavy atom. The molecule has 6 heteroatoms. The number of hydrogen-bond donors (Lipinski definition) is 0. The zero-order valence-electron chi connectivity index (χ0n) is 13.6. The van der Waals surface area contributed by atoms with Gasteiger partial charge in [-0.15, -0.1) is 0 Å². The summed E-state index contributed by atoms with van der Waals surface area (Å²) in [4.78, 5) is 14.3. The van der Waals surface area contributed by atoms with Gasteiger partial charge in [0.05, 0.1) is 6.61 Å². The van der Waals surface area contributed by atoms with Crippen molar-refractivity contribution < 1.29 is 13.9 Å². The molecule has 2 aromatic rings. The van der Waals surface area contributed by atoms with Crippen molar-refractivity contribution in [1.82, 2.24) is 14.7 Å². The van der Waals surface area contributed by atoms with Crippen LogP contribution < -0.4 is 4.74 Å². The van der Waals surface area contributed by atoms with E-state index in [4.69, 9.17) is 4.74 Å². The summed E-state index contributed by atoms with van der Waals surface area (Å²) in [5.74, 6) is 0.681. The van der Waals surface area contributed by atoms with Crippen LogP contribution in [-0.2, 0) is 11.3 Å². The van der Waals surface area contributed by atoms with E-state index in [1.165, 1.54) is 12.1 Å². The van der Waals surface area contributed by atoms with Gasteiger partial charge in [-0.1, -0.05) is 6.07 Å². The van der Waals surface area contributed by atoms with Crippen molar-refractivity contribution in [2.45, 2.75) is 25.8 Å². The molecule has 0 radical (unpaired) electrons. The lowest BCUT2D eigenvalue weighted by molar-refractivity contribution is -0.133. The Morgan fingerprint density at radius 1 is 1.38 bits per heavy atom. The summed E-state index contributed by atoms with van der Waals surface area (Å²) in [6.45, 7) is 2.61. The monoisotopic (exact) mass is 331 g/mol. The number of rotatable bonds is 6. The number of likely N-dealkylation sites (tertiary alicyclic amines) is 1. The van der Waals surface area contributed by atoms with E-state index in [1.807, 2.05) is 17.2 Å². The predicted molar refractivity (Wildman–Crippen MR) is 88.0 cm³/mol. The molecule has 1 amide bonds. The molecule has 5 nitrogen and oxygen atoms in total. The van der Waals surface area contributed by atoms with E-state index >= 15 is 0 Å². The van der Waals surface area contributed by atoms with E-state index in [2.05, 4.69) is 5.10 Å². The number of halogens is 1. The molecule has 128 valence electrons. The van der Waals surface area contributed by atoms with Gasteiger partial charge >= 0.3 is 0 Å². The Morgan fingerprint density at radius 3 is 3.08 bits per heavy atom. The number of carbonyl (C=O) groups is 1. The molecule has 1 aliphatic heterocycles. The van der Waals surface area contributed by atoms with Gasteiger partial charge in [-0.2, -0.15) is 5.10 Å². The number of amides is 1. The summed E-state index contributed by atoms with van der Waals surface area (Å²) in [6, 6.07) is 8.02. The highest BCUT2D eigenvalue weighted by Gasteiger charge is 2.24. The first-order chi connectivity index (χ1) is 11.7. The van der Waals surface area contributed by atoms with Crippen molar-refractivity contribution in [3.8, 4) is 5.75 Å². The normalized spacial score (nSPS) is 17.7. The fourth-order valence-corrected chi connectivity index (χ4v) is 3.00. The summed E-state index contributed by atoms with van der Waals surface area (Å²) >= 11 is 0. The van der Waals surface area contributed by atoms with Crippen LogP contribution in [0.1, 0.15) is 19.3 Å². The van der Waals surface area contributed by atoms with Gasteiger partial charge in [-0.3, -0.25) is 9.48 Å². The number of nitrogens with zero attached hydrogens (tertiary/aromatic N) is 3. The average molecular weight is 331 g/mol. The third kappa shape index (κ3) is 4.57. The Labute approximate surface area is 141 Å². The zero-order valence-corrected chi connectivity index (χ0v) is 13.6. The van der Waals surface area contributed by atoms with E-state index < -0.39 is 0 Å². The molecule has 0 bridgehead atoms. The lowest BCUT2D eigenvalue weighted by Crippen LogP contribution is -2.41. The molecule has 1 saturated heterocycles. The maximum absolute atomic E-state index is 13.2. The molecule has 1 aromatic carbocycles. The SMILES string of the molecule is O=C(CCn1cccn1)N1CCCC(COc2cccc(F)c2)C1. The second-order valence-electron chi connectivity index (χ2n) is 6.14. The maximum Gasteiger partial charge on any atom is 0.224 e. The summed E-state index contributed by atoms with van der Waals surface area (Å²) in [7, 11) is 0. The van der Waals surface area contributed by atoms with Crippen LogP contribution in [0.2, 0.25) is 0 Å². The standard InChI is InChI=1S/C18H22FN3O2/c19-16-5-1-6-17(12-16)24-14-15-4-2-9-21(13-15)18(23)7-11-22-10-3-8-20-22/h1,3,5-6,8,10,12,15H,2,4,7,9,11,13-14H2. The maximum atomic E-state index is 13.2. The van der Waals surface area contributed by atoms with Gasteiger partial charge in [-0.25, -0.2) is 4.39 Å². The van der Waals surface area contributed by atoms with Crippen LogP contribution in [-0.4, -0.2) is 40.3 Å². The lowest BCUT2D eigenvalue weighted by atomic mass is 9.98. The third-order valence-corrected chi connectivity index (χ3v) is 4.27. The first kappa shape index (κ1) is 16.5. The number of hydrogen-bond acceptors (Lipinski definition) is 3. The van der Waals surface area contributed by atoms with Crippen LogP contribution in [0.3, 0.4) is 0 Å². The molecule has 1 aliphatic rings. The van der Waals surface area contributed by atoms with Gasteiger partial charge in [0.25, 0.3) is 0 Å². The molecule has 0 saturated carbocycles. The average Bonchev–Trinajstić information content (AvgIpc) is 3.12. The van der Waals surface area contributed by atoms with E-state index in [1.54, 1.807) is 23.0 Å². The summed E-state index contributed by atoms with van der Waals surface area (Å²) in [6.07, 6.45) is 6.03. The van der Waals surface area contributed by atoms with Gasteiger partial charge in [0.2, 0.25) is 5.91 Å². The molecule has 1 unspecified atom stereocenters. The van der Waals surface area contributed by atoms with Crippen LogP contribution in [0, 0.1) is 11.7 Å². The molecule has 1 aromatic heterocycles. The highest BCUT2D eigenvalue weighted by atomic mass is 19.1. The largest absolute Gasteiger partial charge is 0.493 e. The fraction of sp³-hybridized carbons (Fsp3) is 0.444. The Kier molecular flexibility index (Phi) is 5.46. The van der Waals surface area contributed by atoms with Crippen LogP contribution in [0.5, 0.6) is 5.75 Å². The van der Waals surface area contributed by atoms with Gasteiger partial charge in [-0.05, 0) is 31.0 Å². The molecule has 24 heavy (non-hydrogen) atoms. The van der Waals surface area contributed by atoms with Gasteiger partial charge < -0.3 is 9.64 Å². The van der Waals surface area contributed by atoms with Crippen molar-refractivity contribution in [3.05, 3.63) is 48.5 Å². The van der Waals surface area contributed by atoms with Crippen LogP contribution in [0.25, 0.3) is 0 Å². The number of ether oxygens (including phenoxy) is 1.